The van der Waals surface area contributed by atoms with E-state index in [9.17, 15) is 0 Å². The maximum atomic E-state index is 6.19. The van der Waals surface area contributed by atoms with Gasteiger partial charge in [-0.2, -0.15) is 0 Å². The second kappa shape index (κ2) is 7.61. The smallest absolute Gasteiger partial charge is 0.0707 e. The number of hydrogen-bond donors (Lipinski definition) is 1. The highest BCUT2D eigenvalue weighted by Crippen LogP contribution is 2.23. The number of hydrogen-bond acceptors (Lipinski definition) is 3. The summed E-state index contributed by atoms with van der Waals surface area (Å²) in [7, 11) is 0. The predicted molar refractivity (Wildman–Crippen MR) is 80.5 cm³/mol. The van der Waals surface area contributed by atoms with Gasteiger partial charge in [0, 0.05) is 19.1 Å². The number of rotatable bonds is 6. The third kappa shape index (κ3) is 5.05. The Morgan fingerprint density at radius 2 is 1.95 bits per heavy atom. The molecule has 1 N–H and O–H groups in total. The van der Waals surface area contributed by atoms with Crippen molar-refractivity contribution >= 4 is 0 Å². The molecule has 0 aromatic carbocycles. The summed E-state index contributed by atoms with van der Waals surface area (Å²) < 4.78 is 6.19. The van der Waals surface area contributed by atoms with E-state index in [1.54, 1.807) is 0 Å². The van der Waals surface area contributed by atoms with Crippen LogP contribution in [-0.2, 0) is 4.74 Å². The lowest BCUT2D eigenvalue weighted by Gasteiger charge is -2.35. The van der Waals surface area contributed by atoms with Crippen molar-refractivity contribution in [3.63, 3.8) is 0 Å². The summed E-state index contributed by atoms with van der Waals surface area (Å²) in [5.74, 6) is 0.728. The van der Waals surface area contributed by atoms with Crippen LogP contribution in [-0.4, -0.2) is 49.3 Å². The molecule has 0 aliphatic carbocycles. The molecule has 112 valence electrons. The fraction of sp³-hybridized carbons (Fsp3) is 1.00. The first-order chi connectivity index (χ1) is 9.15. The summed E-state index contributed by atoms with van der Waals surface area (Å²) in [5.41, 5.74) is 0. The Morgan fingerprint density at radius 1 is 1.16 bits per heavy atom. The predicted octanol–water partition coefficient (Wildman–Crippen LogP) is 2.65. The van der Waals surface area contributed by atoms with E-state index in [0.29, 0.717) is 12.2 Å². The summed E-state index contributed by atoms with van der Waals surface area (Å²) in [4.78, 5) is 2.64. The molecule has 0 spiro atoms. The molecule has 19 heavy (non-hydrogen) atoms. The Hall–Kier alpha value is -0.120. The lowest BCUT2D eigenvalue weighted by Crippen LogP contribution is -2.42. The van der Waals surface area contributed by atoms with Gasteiger partial charge in [0.1, 0.15) is 0 Å². The Kier molecular flexibility index (Phi) is 6.11. The molecule has 2 saturated heterocycles. The minimum absolute atomic E-state index is 0.448. The summed E-state index contributed by atoms with van der Waals surface area (Å²) in [6, 6.07) is 0.760. The van der Waals surface area contributed by atoms with Gasteiger partial charge in [-0.1, -0.05) is 20.3 Å². The molecule has 0 aromatic heterocycles. The van der Waals surface area contributed by atoms with E-state index < -0.39 is 0 Å². The average Bonchev–Trinajstić information content (AvgIpc) is 2.79. The maximum absolute atomic E-state index is 6.19. The van der Waals surface area contributed by atoms with Crippen LogP contribution in [0.5, 0.6) is 0 Å². The lowest BCUT2D eigenvalue weighted by molar-refractivity contribution is 0.00963. The maximum Gasteiger partial charge on any atom is 0.0707 e. The van der Waals surface area contributed by atoms with E-state index in [0.717, 1.165) is 31.6 Å². The Labute approximate surface area is 119 Å². The van der Waals surface area contributed by atoms with Crippen LogP contribution in [0.1, 0.15) is 52.9 Å². The number of nitrogens with zero attached hydrogens (tertiary/aromatic N) is 1. The van der Waals surface area contributed by atoms with Gasteiger partial charge in [0.25, 0.3) is 0 Å². The van der Waals surface area contributed by atoms with Crippen LogP contribution < -0.4 is 5.32 Å². The van der Waals surface area contributed by atoms with Crippen LogP contribution >= 0.6 is 0 Å². The number of piperidine rings is 1. The van der Waals surface area contributed by atoms with Gasteiger partial charge in [0.05, 0.1) is 12.2 Å². The molecule has 2 rings (SSSR count). The van der Waals surface area contributed by atoms with Gasteiger partial charge in [-0.15, -0.1) is 0 Å². The van der Waals surface area contributed by atoms with Crippen molar-refractivity contribution in [2.75, 3.05) is 26.2 Å². The molecule has 2 aliphatic rings. The summed E-state index contributed by atoms with van der Waals surface area (Å²) in [6.45, 7) is 11.4. The summed E-state index contributed by atoms with van der Waals surface area (Å²) in [6.07, 6.45) is 7.55. The fourth-order valence-electron chi connectivity index (χ4n) is 3.29. The molecule has 3 atom stereocenters. The highest BCUT2D eigenvalue weighted by atomic mass is 16.5. The average molecular weight is 268 g/mol. The molecule has 2 aliphatic heterocycles. The van der Waals surface area contributed by atoms with Crippen molar-refractivity contribution < 1.29 is 4.74 Å². The van der Waals surface area contributed by atoms with Gasteiger partial charge in [-0.3, -0.25) is 4.90 Å². The number of ether oxygens (including phenoxy) is 1. The van der Waals surface area contributed by atoms with Crippen LogP contribution in [0.4, 0.5) is 0 Å². The molecule has 0 saturated carbocycles. The molecule has 3 nitrogen and oxygen atoms in total. The molecule has 3 heteroatoms. The molecular formula is C16H32N2O. The minimum Gasteiger partial charge on any atom is -0.372 e. The first-order valence-corrected chi connectivity index (χ1v) is 8.25. The molecular weight excluding hydrogens is 236 g/mol. The van der Waals surface area contributed by atoms with E-state index in [4.69, 9.17) is 4.74 Å². The molecule has 0 radical (unpaired) electrons. The van der Waals surface area contributed by atoms with Crippen molar-refractivity contribution in [3.05, 3.63) is 0 Å². The first-order valence-electron chi connectivity index (χ1n) is 8.25. The molecule has 0 bridgehead atoms. The Balaban J connectivity index is 1.64. The molecule has 2 fully saturated rings. The molecule has 3 unspecified atom stereocenters. The highest BCUT2D eigenvalue weighted by Gasteiger charge is 2.28. The second-order valence-electron chi connectivity index (χ2n) is 6.85. The zero-order valence-electron chi connectivity index (χ0n) is 13.0. The Morgan fingerprint density at radius 3 is 2.68 bits per heavy atom. The second-order valence-corrected chi connectivity index (χ2v) is 6.85. The minimum atomic E-state index is 0.448. The van der Waals surface area contributed by atoms with E-state index >= 15 is 0 Å². The van der Waals surface area contributed by atoms with Crippen LogP contribution in [0.15, 0.2) is 0 Å². The monoisotopic (exact) mass is 268 g/mol. The topological polar surface area (TPSA) is 24.5 Å². The Bertz CT molecular complexity index is 257. The molecule has 0 aromatic rings. The third-order valence-electron chi connectivity index (χ3n) is 4.50. The first kappa shape index (κ1) is 15.3. The van der Waals surface area contributed by atoms with Gasteiger partial charge in [0.15, 0.2) is 0 Å². The van der Waals surface area contributed by atoms with Gasteiger partial charge in [-0.25, -0.2) is 0 Å². The fourth-order valence-corrected chi connectivity index (χ4v) is 3.29. The number of likely N-dealkylation sites (tertiary alicyclic amines) is 1. The van der Waals surface area contributed by atoms with Gasteiger partial charge in [-0.05, 0) is 51.6 Å². The van der Waals surface area contributed by atoms with E-state index in [2.05, 4.69) is 31.0 Å². The quantitative estimate of drug-likeness (QED) is 0.801. The summed E-state index contributed by atoms with van der Waals surface area (Å²) in [5, 5.41) is 3.52. The van der Waals surface area contributed by atoms with E-state index in [1.165, 1.54) is 38.6 Å². The van der Waals surface area contributed by atoms with Crippen molar-refractivity contribution in [3.8, 4) is 0 Å². The van der Waals surface area contributed by atoms with Crippen molar-refractivity contribution in [2.45, 2.75) is 71.1 Å². The summed E-state index contributed by atoms with van der Waals surface area (Å²) >= 11 is 0. The zero-order chi connectivity index (χ0) is 13.7. The van der Waals surface area contributed by atoms with Crippen molar-refractivity contribution in [1.82, 2.24) is 10.2 Å². The largest absolute Gasteiger partial charge is 0.372 e. The van der Waals surface area contributed by atoms with Crippen molar-refractivity contribution in [1.29, 1.82) is 0 Å². The molecule has 0 amide bonds. The van der Waals surface area contributed by atoms with Crippen LogP contribution in [0.3, 0.4) is 0 Å². The third-order valence-corrected chi connectivity index (χ3v) is 4.50. The van der Waals surface area contributed by atoms with Gasteiger partial charge < -0.3 is 10.1 Å². The molecule has 2 heterocycles. The SMILES string of the molecule is CC(C)CNCC1CCC(CN2CCCCC2C)O1. The van der Waals surface area contributed by atoms with Crippen LogP contribution in [0, 0.1) is 5.92 Å². The lowest BCUT2D eigenvalue weighted by atomic mass is 10.0. The van der Waals surface area contributed by atoms with E-state index in [1.807, 2.05) is 0 Å². The van der Waals surface area contributed by atoms with Gasteiger partial charge >= 0.3 is 0 Å². The zero-order valence-corrected chi connectivity index (χ0v) is 13.0. The standard InChI is InChI=1S/C16H32N2O/c1-13(2)10-17-11-15-7-8-16(19-15)12-18-9-5-4-6-14(18)3/h13-17H,4-12H2,1-3H3. The van der Waals surface area contributed by atoms with Crippen LogP contribution in [0.25, 0.3) is 0 Å². The number of nitrogens with one attached hydrogen (secondary N) is 1. The van der Waals surface area contributed by atoms with Crippen molar-refractivity contribution in [2.24, 2.45) is 5.92 Å². The highest BCUT2D eigenvalue weighted by molar-refractivity contribution is 4.81. The normalized spacial score (nSPS) is 33.2. The van der Waals surface area contributed by atoms with E-state index in [-0.39, 0.29) is 0 Å². The van der Waals surface area contributed by atoms with Crippen LogP contribution in [0.2, 0.25) is 0 Å². The van der Waals surface area contributed by atoms with Gasteiger partial charge in [0.2, 0.25) is 0 Å².